The summed E-state index contributed by atoms with van der Waals surface area (Å²) in [6, 6.07) is 0. The van der Waals surface area contributed by atoms with Gasteiger partial charge in [0.2, 0.25) is 5.82 Å². The molecular weight excluding hydrogens is 228 g/mol. The van der Waals surface area contributed by atoms with Crippen LogP contribution in [0.5, 0.6) is 0 Å². The molecule has 0 atom stereocenters. The molecule has 0 aromatic carbocycles. The maximum Gasteiger partial charge on any atom is 0.342 e. The van der Waals surface area contributed by atoms with Crippen molar-refractivity contribution >= 4 is 17.6 Å². The van der Waals surface area contributed by atoms with E-state index in [1.807, 2.05) is 11.8 Å². The van der Waals surface area contributed by atoms with Gasteiger partial charge in [-0.1, -0.05) is 6.42 Å². The zero-order valence-corrected chi connectivity index (χ0v) is 10.0. The van der Waals surface area contributed by atoms with E-state index in [2.05, 4.69) is 26.8 Å². The van der Waals surface area contributed by atoms with Gasteiger partial charge in [0, 0.05) is 6.54 Å². The largest absolute Gasteiger partial charge is 0.364 e. The summed E-state index contributed by atoms with van der Waals surface area (Å²) in [6.45, 7) is 0.691. The van der Waals surface area contributed by atoms with Crippen molar-refractivity contribution in [2.75, 3.05) is 23.9 Å². The molecular formula is C9H16N4O2S. The van der Waals surface area contributed by atoms with Gasteiger partial charge in [0.15, 0.2) is 0 Å². The first-order chi connectivity index (χ1) is 7.74. The van der Waals surface area contributed by atoms with Crippen molar-refractivity contribution < 1.29 is 0 Å². The minimum Gasteiger partial charge on any atom is -0.364 e. The van der Waals surface area contributed by atoms with Gasteiger partial charge in [0.25, 0.3) is 5.56 Å². The van der Waals surface area contributed by atoms with Crippen LogP contribution in [0.1, 0.15) is 19.3 Å². The molecule has 0 aliphatic rings. The highest BCUT2D eigenvalue weighted by molar-refractivity contribution is 7.98. The molecule has 90 valence electrons. The lowest BCUT2D eigenvalue weighted by Crippen LogP contribution is -2.27. The second-order valence-corrected chi connectivity index (χ2v) is 4.32. The number of aromatic amines is 2. The van der Waals surface area contributed by atoms with E-state index in [-0.39, 0.29) is 5.82 Å². The highest BCUT2D eigenvalue weighted by Gasteiger charge is 1.99. The van der Waals surface area contributed by atoms with E-state index in [0.717, 1.165) is 18.6 Å². The van der Waals surface area contributed by atoms with Crippen molar-refractivity contribution in [3.05, 3.63) is 20.8 Å². The van der Waals surface area contributed by atoms with E-state index in [1.54, 1.807) is 0 Å². The lowest BCUT2D eigenvalue weighted by molar-refractivity contribution is 0.744. The Bertz CT molecular complexity index is 414. The summed E-state index contributed by atoms with van der Waals surface area (Å²) in [7, 11) is 0. The maximum atomic E-state index is 11.2. The summed E-state index contributed by atoms with van der Waals surface area (Å²) in [5.41, 5.74) is -1.07. The Morgan fingerprint density at radius 3 is 2.81 bits per heavy atom. The van der Waals surface area contributed by atoms with Gasteiger partial charge in [-0.05, 0) is 24.9 Å². The van der Waals surface area contributed by atoms with E-state index in [4.69, 9.17) is 0 Å². The van der Waals surface area contributed by atoms with Gasteiger partial charge in [0.1, 0.15) is 0 Å². The number of hydrogen-bond acceptors (Lipinski definition) is 5. The number of hydrogen-bond donors (Lipinski definition) is 3. The quantitative estimate of drug-likeness (QED) is 0.604. The Balaban J connectivity index is 2.27. The van der Waals surface area contributed by atoms with Crippen molar-refractivity contribution in [3.8, 4) is 0 Å². The van der Waals surface area contributed by atoms with Gasteiger partial charge in [-0.25, -0.2) is 9.89 Å². The fourth-order valence-electron chi connectivity index (χ4n) is 1.22. The van der Waals surface area contributed by atoms with Crippen LogP contribution in [0.4, 0.5) is 5.82 Å². The number of unbranched alkanes of at least 4 members (excludes halogenated alkanes) is 2. The number of aromatic nitrogens is 3. The first kappa shape index (κ1) is 12.8. The topological polar surface area (TPSA) is 90.6 Å². The Morgan fingerprint density at radius 2 is 2.12 bits per heavy atom. The predicted octanol–water partition coefficient (Wildman–Crippen LogP) is 0.403. The summed E-state index contributed by atoms with van der Waals surface area (Å²) in [4.78, 5) is 24.0. The Morgan fingerprint density at radius 1 is 1.31 bits per heavy atom. The number of anilines is 1. The van der Waals surface area contributed by atoms with Crippen molar-refractivity contribution in [3.63, 3.8) is 0 Å². The molecule has 1 rings (SSSR count). The van der Waals surface area contributed by atoms with Gasteiger partial charge in [-0.15, -0.1) is 5.10 Å². The first-order valence-electron chi connectivity index (χ1n) is 5.16. The molecule has 6 nitrogen and oxygen atoms in total. The molecule has 0 radical (unpaired) electrons. The number of rotatable bonds is 7. The molecule has 0 spiro atoms. The van der Waals surface area contributed by atoms with Crippen LogP contribution in [0, 0.1) is 0 Å². The molecule has 1 aromatic rings. The summed E-state index contributed by atoms with van der Waals surface area (Å²) in [5.74, 6) is 1.33. The normalized spacial score (nSPS) is 10.3. The lowest BCUT2D eigenvalue weighted by atomic mass is 10.2. The highest BCUT2D eigenvalue weighted by Crippen LogP contribution is 2.02. The summed E-state index contributed by atoms with van der Waals surface area (Å²) in [6.07, 6.45) is 5.37. The minimum atomic E-state index is -0.587. The lowest BCUT2D eigenvalue weighted by Gasteiger charge is -2.03. The molecule has 0 amide bonds. The zero-order chi connectivity index (χ0) is 11.8. The van der Waals surface area contributed by atoms with E-state index < -0.39 is 11.2 Å². The molecule has 0 fully saturated rings. The highest BCUT2D eigenvalue weighted by atomic mass is 32.2. The second kappa shape index (κ2) is 7.10. The van der Waals surface area contributed by atoms with E-state index >= 15 is 0 Å². The molecule has 1 heterocycles. The van der Waals surface area contributed by atoms with Crippen molar-refractivity contribution in [2.24, 2.45) is 0 Å². The van der Waals surface area contributed by atoms with E-state index in [1.165, 1.54) is 6.42 Å². The number of H-pyrrole nitrogens is 2. The van der Waals surface area contributed by atoms with Gasteiger partial charge in [-0.3, -0.25) is 9.78 Å². The molecule has 0 unspecified atom stereocenters. The van der Waals surface area contributed by atoms with Gasteiger partial charge >= 0.3 is 5.69 Å². The molecule has 0 aliphatic heterocycles. The molecule has 0 bridgehead atoms. The van der Waals surface area contributed by atoms with Crippen molar-refractivity contribution in [1.29, 1.82) is 0 Å². The first-order valence-corrected chi connectivity index (χ1v) is 6.55. The average molecular weight is 244 g/mol. The van der Waals surface area contributed by atoms with Crippen LogP contribution < -0.4 is 16.6 Å². The van der Waals surface area contributed by atoms with Crippen LogP contribution in [0.3, 0.4) is 0 Å². The fourth-order valence-corrected chi connectivity index (χ4v) is 1.72. The summed E-state index contributed by atoms with van der Waals surface area (Å²) >= 11 is 1.83. The van der Waals surface area contributed by atoms with Crippen LogP contribution in [0.25, 0.3) is 0 Å². The molecule has 0 saturated heterocycles. The Labute approximate surface area is 97.2 Å². The third-order valence-electron chi connectivity index (χ3n) is 2.03. The van der Waals surface area contributed by atoms with Crippen LogP contribution >= 0.6 is 11.8 Å². The average Bonchev–Trinajstić information content (AvgIpc) is 2.26. The van der Waals surface area contributed by atoms with Crippen LogP contribution in [0.2, 0.25) is 0 Å². The molecule has 1 aromatic heterocycles. The predicted molar refractivity (Wildman–Crippen MR) is 66.2 cm³/mol. The summed E-state index contributed by atoms with van der Waals surface area (Å²) in [5, 5.41) is 8.68. The minimum absolute atomic E-state index is 0.171. The molecule has 7 heteroatoms. The van der Waals surface area contributed by atoms with Crippen LogP contribution in [0.15, 0.2) is 9.59 Å². The SMILES string of the molecule is CSCCCCCNc1n[nH]c(=O)[nH]c1=O. The number of nitrogens with one attached hydrogen (secondary N) is 3. The van der Waals surface area contributed by atoms with Gasteiger partial charge < -0.3 is 5.32 Å². The third-order valence-corrected chi connectivity index (χ3v) is 2.73. The zero-order valence-electron chi connectivity index (χ0n) is 9.21. The van der Waals surface area contributed by atoms with Crippen molar-refractivity contribution in [2.45, 2.75) is 19.3 Å². The molecule has 3 N–H and O–H groups in total. The maximum absolute atomic E-state index is 11.2. The molecule has 0 aliphatic carbocycles. The van der Waals surface area contributed by atoms with Gasteiger partial charge in [-0.2, -0.15) is 11.8 Å². The van der Waals surface area contributed by atoms with Crippen LogP contribution in [-0.4, -0.2) is 33.7 Å². The summed E-state index contributed by atoms with van der Waals surface area (Å²) < 4.78 is 0. The Kier molecular flexibility index (Phi) is 5.69. The molecule has 0 saturated carbocycles. The molecule has 16 heavy (non-hydrogen) atoms. The van der Waals surface area contributed by atoms with Crippen LogP contribution in [-0.2, 0) is 0 Å². The van der Waals surface area contributed by atoms with E-state index in [0.29, 0.717) is 6.54 Å². The number of thioether (sulfide) groups is 1. The Hall–Kier alpha value is -1.24. The second-order valence-electron chi connectivity index (χ2n) is 3.34. The van der Waals surface area contributed by atoms with Gasteiger partial charge in [0.05, 0.1) is 0 Å². The smallest absolute Gasteiger partial charge is 0.342 e. The van der Waals surface area contributed by atoms with Crippen molar-refractivity contribution in [1.82, 2.24) is 15.2 Å². The number of nitrogens with zero attached hydrogens (tertiary/aromatic N) is 1. The standard InChI is InChI=1S/C9H16N4O2S/c1-16-6-4-2-3-5-10-7-8(14)11-9(15)13-12-7/h2-6H2,1H3,(H,10,12)(H2,11,13,14,15). The third kappa shape index (κ3) is 4.52. The van der Waals surface area contributed by atoms with E-state index in [9.17, 15) is 9.59 Å². The fraction of sp³-hybridized carbons (Fsp3) is 0.667. The monoisotopic (exact) mass is 244 g/mol.